The molecule has 0 aliphatic carbocycles. The Balaban J connectivity index is 1.72. The van der Waals surface area contributed by atoms with Crippen molar-refractivity contribution >= 4 is 17.4 Å². The maximum atomic E-state index is 13.2. The minimum absolute atomic E-state index is 0.0767. The van der Waals surface area contributed by atoms with Gasteiger partial charge in [0, 0.05) is 18.7 Å². The molecule has 2 aromatic carbocycles. The molecule has 0 aromatic heterocycles. The smallest absolute Gasteiger partial charge is 0.295 e. The van der Waals surface area contributed by atoms with Gasteiger partial charge in [-0.25, -0.2) is 0 Å². The lowest BCUT2D eigenvalue weighted by Gasteiger charge is -2.27. The van der Waals surface area contributed by atoms with E-state index in [1.807, 2.05) is 24.3 Å². The fourth-order valence-electron chi connectivity index (χ4n) is 4.41. The monoisotopic (exact) mass is 465 g/mol. The molecule has 4 rings (SSSR count). The molecule has 2 unspecified atom stereocenters. The van der Waals surface area contributed by atoms with Gasteiger partial charge in [0.15, 0.2) is 0 Å². The van der Waals surface area contributed by atoms with E-state index < -0.39 is 17.7 Å². The molecule has 7 heteroatoms. The lowest BCUT2D eigenvalue weighted by Crippen LogP contribution is -2.36. The number of benzene rings is 2. The molecule has 2 aromatic rings. The van der Waals surface area contributed by atoms with Crippen LogP contribution in [0.4, 0.5) is 0 Å². The molecule has 0 spiro atoms. The van der Waals surface area contributed by atoms with E-state index >= 15 is 0 Å². The number of unbranched alkanes of at least 4 members (excludes halogenated alkanes) is 1. The van der Waals surface area contributed by atoms with Gasteiger partial charge in [-0.1, -0.05) is 25.5 Å². The molecule has 2 saturated heterocycles. The first-order valence-electron chi connectivity index (χ1n) is 11.8. The highest BCUT2D eigenvalue weighted by Gasteiger charge is 2.47. The van der Waals surface area contributed by atoms with Crippen LogP contribution in [0.1, 0.15) is 49.8 Å². The van der Waals surface area contributed by atoms with Crippen molar-refractivity contribution in [3.05, 3.63) is 65.2 Å². The zero-order valence-corrected chi connectivity index (χ0v) is 19.7. The van der Waals surface area contributed by atoms with Gasteiger partial charge >= 0.3 is 0 Å². The van der Waals surface area contributed by atoms with Crippen molar-refractivity contribution in [3.8, 4) is 11.5 Å². The summed E-state index contributed by atoms with van der Waals surface area (Å²) in [4.78, 5) is 27.8. The first-order chi connectivity index (χ1) is 16.5. The standard InChI is InChI=1S/C27H31NO6/c1-3-4-15-33-21-13-7-18(8-14-21)24-23(25(29)19-9-11-20(32-2)12-10-19)26(30)27(31)28(24)17-22-6-5-16-34-22/h7-14,22,24,29H,3-6,15-17H2,1-2H3/b25-23+. The fourth-order valence-corrected chi connectivity index (χ4v) is 4.41. The fraction of sp³-hybridized carbons (Fsp3) is 0.407. The number of aliphatic hydroxyl groups excluding tert-OH is 1. The highest BCUT2D eigenvalue weighted by molar-refractivity contribution is 6.46. The second-order valence-electron chi connectivity index (χ2n) is 8.59. The number of carbonyl (C=O) groups is 2. The third-order valence-corrected chi connectivity index (χ3v) is 6.29. The number of Topliss-reactive ketones (excluding diaryl/α,β-unsaturated/α-hetero) is 1. The van der Waals surface area contributed by atoms with E-state index in [9.17, 15) is 14.7 Å². The quantitative estimate of drug-likeness (QED) is 0.254. The van der Waals surface area contributed by atoms with Crippen molar-refractivity contribution in [1.82, 2.24) is 4.90 Å². The summed E-state index contributed by atoms with van der Waals surface area (Å²) in [5.41, 5.74) is 1.25. The third-order valence-electron chi connectivity index (χ3n) is 6.29. The molecule has 7 nitrogen and oxygen atoms in total. The maximum absolute atomic E-state index is 13.2. The van der Waals surface area contributed by atoms with Crippen LogP contribution < -0.4 is 9.47 Å². The lowest BCUT2D eigenvalue weighted by atomic mass is 9.95. The summed E-state index contributed by atoms with van der Waals surface area (Å²) < 4.78 is 16.7. The molecule has 0 radical (unpaired) electrons. The predicted octanol–water partition coefficient (Wildman–Crippen LogP) is 4.47. The van der Waals surface area contributed by atoms with Gasteiger partial charge in [-0.2, -0.15) is 0 Å². The Morgan fingerprint density at radius 2 is 1.79 bits per heavy atom. The van der Waals surface area contributed by atoms with Crippen molar-refractivity contribution in [2.24, 2.45) is 0 Å². The molecule has 2 aliphatic rings. The number of likely N-dealkylation sites (tertiary alicyclic amines) is 1. The van der Waals surface area contributed by atoms with Crippen LogP contribution in [-0.2, 0) is 14.3 Å². The normalized spacial score (nSPS) is 21.8. The summed E-state index contributed by atoms with van der Waals surface area (Å²) in [6.45, 7) is 3.68. The van der Waals surface area contributed by atoms with E-state index in [0.717, 1.165) is 37.0 Å². The Labute approximate surface area is 199 Å². The Bertz CT molecular complexity index is 1040. The molecule has 2 heterocycles. The second-order valence-corrected chi connectivity index (χ2v) is 8.59. The van der Waals surface area contributed by atoms with Crippen molar-refractivity contribution in [2.75, 3.05) is 26.9 Å². The van der Waals surface area contributed by atoms with Gasteiger partial charge in [-0.3, -0.25) is 9.59 Å². The molecule has 1 amide bonds. The van der Waals surface area contributed by atoms with Crippen molar-refractivity contribution in [3.63, 3.8) is 0 Å². The highest BCUT2D eigenvalue weighted by Crippen LogP contribution is 2.40. The molecular weight excluding hydrogens is 434 g/mol. The molecule has 180 valence electrons. The van der Waals surface area contributed by atoms with Crippen LogP contribution in [0.15, 0.2) is 54.1 Å². The Morgan fingerprint density at radius 1 is 1.09 bits per heavy atom. The molecule has 0 saturated carbocycles. The first kappa shape index (κ1) is 23.8. The molecular formula is C27H31NO6. The van der Waals surface area contributed by atoms with Gasteiger partial charge in [0.25, 0.3) is 11.7 Å². The number of carbonyl (C=O) groups excluding carboxylic acids is 2. The van der Waals surface area contributed by atoms with Gasteiger partial charge in [-0.05, 0) is 61.2 Å². The van der Waals surface area contributed by atoms with Gasteiger partial charge in [0.05, 0.1) is 31.4 Å². The first-order valence-corrected chi connectivity index (χ1v) is 11.8. The number of ketones is 1. The van der Waals surface area contributed by atoms with E-state index in [-0.39, 0.29) is 17.4 Å². The average Bonchev–Trinajstić information content (AvgIpc) is 3.47. The van der Waals surface area contributed by atoms with Crippen LogP contribution >= 0.6 is 0 Å². The van der Waals surface area contributed by atoms with E-state index in [1.165, 1.54) is 4.90 Å². The van der Waals surface area contributed by atoms with Crippen molar-refractivity contribution < 1.29 is 28.9 Å². The SMILES string of the molecule is CCCCOc1ccc(C2/C(=C(\O)c3ccc(OC)cc3)C(=O)C(=O)N2CC2CCCO2)cc1. The number of methoxy groups -OCH3 is 1. The Hall–Kier alpha value is -3.32. The summed E-state index contributed by atoms with van der Waals surface area (Å²) in [5, 5.41) is 11.2. The summed E-state index contributed by atoms with van der Waals surface area (Å²) in [6, 6.07) is 13.4. The zero-order valence-electron chi connectivity index (χ0n) is 19.7. The number of hydrogen-bond acceptors (Lipinski definition) is 6. The van der Waals surface area contributed by atoms with Crippen molar-refractivity contribution in [1.29, 1.82) is 0 Å². The largest absolute Gasteiger partial charge is 0.507 e. The summed E-state index contributed by atoms with van der Waals surface area (Å²) >= 11 is 0. The molecule has 0 bridgehead atoms. The number of hydrogen-bond donors (Lipinski definition) is 1. The highest BCUT2D eigenvalue weighted by atomic mass is 16.5. The van der Waals surface area contributed by atoms with Crippen LogP contribution in [0.5, 0.6) is 11.5 Å². The number of aliphatic hydroxyl groups is 1. The zero-order chi connectivity index (χ0) is 24.1. The van der Waals surface area contributed by atoms with Crippen LogP contribution in [0.25, 0.3) is 5.76 Å². The number of amides is 1. The maximum Gasteiger partial charge on any atom is 0.295 e. The lowest BCUT2D eigenvalue weighted by molar-refractivity contribution is -0.140. The summed E-state index contributed by atoms with van der Waals surface area (Å²) in [7, 11) is 1.56. The van der Waals surface area contributed by atoms with Crippen LogP contribution in [0.3, 0.4) is 0 Å². The van der Waals surface area contributed by atoms with Gasteiger partial charge < -0.3 is 24.2 Å². The Morgan fingerprint density at radius 3 is 2.41 bits per heavy atom. The topological polar surface area (TPSA) is 85.3 Å². The van der Waals surface area contributed by atoms with Crippen LogP contribution in [0.2, 0.25) is 0 Å². The van der Waals surface area contributed by atoms with Gasteiger partial charge in [0.2, 0.25) is 0 Å². The summed E-state index contributed by atoms with van der Waals surface area (Å²) in [6.07, 6.45) is 3.64. The predicted molar refractivity (Wildman–Crippen MR) is 128 cm³/mol. The van der Waals surface area contributed by atoms with Crippen LogP contribution in [-0.4, -0.2) is 54.7 Å². The minimum atomic E-state index is -0.712. The number of ether oxygens (including phenoxy) is 3. The second kappa shape index (κ2) is 10.7. The Kier molecular flexibility index (Phi) is 7.53. The molecule has 2 atom stereocenters. The minimum Gasteiger partial charge on any atom is -0.507 e. The van der Waals surface area contributed by atoms with Gasteiger partial charge in [0.1, 0.15) is 17.3 Å². The molecule has 1 N–H and O–H groups in total. The molecule has 34 heavy (non-hydrogen) atoms. The third kappa shape index (κ3) is 4.94. The molecule has 2 fully saturated rings. The number of rotatable bonds is 9. The van der Waals surface area contributed by atoms with E-state index in [2.05, 4.69) is 6.92 Å². The van der Waals surface area contributed by atoms with Crippen molar-refractivity contribution in [2.45, 2.75) is 44.8 Å². The van der Waals surface area contributed by atoms with Crippen LogP contribution in [0, 0.1) is 0 Å². The van der Waals surface area contributed by atoms with E-state index in [0.29, 0.717) is 31.1 Å². The molecule has 2 aliphatic heterocycles. The summed E-state index contributed by atoms with van der Waals surface area (Å²) in [5.74, 6) is -0.170. The van der Waals surface area contributed by atoms with E-state index in [1.54, 1.807) is 31.4 Å². The number of nitrogens with zero attached hydrogens (tertiary/aromatic N) is 1. The average molecular weight is 466 g/mol. The van der Waals surface area contributed by atoms with E-state index in [4.69, 9.17) is 14.2 Å². The van der Waals surface area contributed by atoms with Gasteiger partial charge in [-0.15, -0.1) is 0 Å².